The highest BCUT2D eigenvalue weighted by atomic mass is 16.5. The molecular weight excluding hydrogens is 222 g/mol. The topological polar surface area (TPSA) is 12.5 Å². The molecule has 1 aliphatic rings. The highest BCUT2D eigenvalue weighted by Gasteiger charge is 2.23. The fraction of sp³-hybridized carbons (Fsp3) is 0.625. The van der Waals surface area contributed by atoms with Gasteiger partial charge in [-0.3, -0.25) is 0 Å². The number of nitrogens with zero attached hydrogens (tertiary/aromatic N) is 1. The zero-order valence-electron chi connectivity index (χ0n) is 11.9. The molecule has 0 aliphatic carbocycles. The van der Waals surface area contributed by atoms with E-state index in [2.05, 4.69) is 49.9 Å². The van der Waals surface area contributed by atoms with Crippen LogP contribution >= 0.6 is 0 Å². The lowest BCUT2D eigenvalue weighted by atomic mass is 10.1. The van der Waals surface area contributed by atoms with Crippen LogP contribution in [0.25, 0.3) is 0 Å². The van der Waals surface area contributed by atoms with Crippen LogP contribution in [0.15, 0.2) is 24.3 Å². The molecule has 2 rings (SSSR count). The van der Waals surface area contributed by atoms with Crippen molar-refractivity contribution in [2.75, 3.05) is 26.2 Å². The fourth-order valence-electron chi connectivity index (χ4n) is 2.58. The van der Waals surface area contributed by atoms with Crippen molar-refractivity contribution in [2.45, 2.75) is 27.2 Å². The lowest BCUT2D eigenvalue weighted by Gasteiger charge is -2.18. The first kappa shape index (κ1) is 13.4. The first-order valence-electron chi connectivity index (χ1n) is 7.05. The minimum absolute atomic E-state index is 0.699. The molecule has 1 aromatic rings. The molecule has 0 aromatic heterocycles. The predicted molar refractivity (Wildman–Crippen MR) is 76.1 cm³/mol. The summed E-state index contributed by atoms with van der Waals surface area (Å²) in [5.41, 5.74) is 1.28. The van der Waals surface area contributed by atoms with E-state index in [0.29, 0.717) is 5.92 Å². The van der Waals surface area contributed by atoms with Crippen molar-refractivity contribution in [1.29, 1.82) is 0 Å². The van der Waals surface area contributed by atoms with Crippen LogP contribution in [0.5, 0.6) is 5.75 Å². The van der Waals surface area contributed by atoms with Crippen LogP contribution in [0.4, 0.5) is 0 Å². The quantitative estimate of drug-likeness (QED) is 0.791. The highest BCUT2D eigenvalue weighted by Crippen LogP contribution is 2.19. The van der Waals surface area contributed by atoms with E-state index in [4.69, 9.17) is 4.74 Å². The number of aryl methyl sites for hydroxylation is 1. The fourth-order valence-corrected chi connectivity index (χ4v) is 2.58. The number of hydrogen-bond donors (Lipinski definition) is 0. The minimum Gasteiger partial charge on any atom is -0.493 e. The van der Waals surface area contributed by atoms with E-state index in [9.17, 15) is 0 Å². The molecule has 18 heavy (non-hydrogen) atoms. The van der Waals surface area contributed by atoms with Crippen LogP contribution in [0.3, 0.4) is 0 Å². The average Bonchev–Trinajstić information content (AvgIpc) is 2.75. The van der Waals surface area contributed by atoms with Crippen molar-refractivity contribution < 1.29 is 4.74 Å². The Kier molecular flexibility index (Phi) is 4.65. The van der Waals surface area contributed by atoms with Crippen LogP contribution in [-0.4, -0.2) is 31.1 Å². The number of rotatable bonds is 5. The molecule has 0 spiro atoms. The van der Waals surface area contributed by atoms with Gasteiger partial charge in [-0.2, -0.15) is 0 Å². The average molecular weight is 247 g/mol. The third kappa shape index (κ3) is 4.02. The molecule has 1 aliphatic heterocycles. The lowest BCUT2D eigenvalue weighted by molar-refractivity contribution is 0.233. The van der Waals surface area contributed by atoms with Gasteiger partial charge in [0.25, 0.3) is 0 Å². The van der Waals surface area contributed by atoms with Gasteiger partial charge in [0.1, 0.15) is 5.75 Å². The molecule has 1 unspecified atom stereocenters. The van der Waals surface area contributed by atoms with Gasteiger partial charge in [-0.25, -0.2) is 0 Å². The summed E-state index contributed by atoms with van der Waals surface area (Å²) in [6.45, 7) is 11.2. The highest BCUT2D eigenvalue weighted by molar-refractivity contribution is 5.26. The summed E-state index contributed by atoms with van der Waals surface area (Å²) in [4.78, 5) is 2.56. The van der Waals surface area contributed by atoms with Crippen LogP contribution < -0.4 is 4.74 Å². The molecule has 1 heterocycles. The third-order valence-electron chi connectivity index (χ3n) is 3.50. The van der Waals surface area contributed by atoms with E-state index in [0.717, 1.165) is 18.3 Å². The summed E-state index contributed by atoms with van der Waals surface area (Å²) in [6, 6.07) is 8.34. The maximum Gasteiger partial charge on any atom is 0.119 e. The molecule has 0 bridgehead atoms. The van der Waals surface area contributed by atoms with E-state index >= 15 is 0 Å². The van der Waals surface area contributed by atoms with Crippen molar-refractivity contribution in [1.82, 2.24) is 4.90 Å². The first-order valence-corrected chi connectivity index (χ1v) is 7.05. The van der Waals surface area contributed by atoms with Crippen LogP contribution in [0.2, 0.25) is 0 Å². The summed E-state index contributed by atoms with van der Waals surface area (Å²) in [5.74, 6) is 2.47. The second-order valence-corrected chi connectivity index (χ2v) is 5.93. The monoisotopic (exact) mass is 247 g/mol. The summed E-state index contributed by atoms with van der Waals surface area (Å²) in [7, 11) is 0. The second-order valence-electron chi connectivity index (χ2n) is 5.93. The van der Waals surface area contributed by atoms with Gasteiger partial charge in [0, 0.05) is 19.0 Å². The Morgan fingerprint density at radius 3 is 2.67 bits per heavy atom. The molecule has 100 valence electrons. The maximum absolute atomic E-state index is 5.87. The zero-order chi connectivity index (χ0) is 13.0. The Labute approximate surface area is 111 Å². The number of benzene rings is 1. The Morgan fingerprint density at radius 1 is 1.28 bits per heavy atom. The van der Waals surface area contributed by atoms with Crippen LogP contribution in [0.1, 0.15) is 25.8 Å². The van der Waals surface area contributed by atoms with Gasteiger partial charge in [-0.05, 0) is 37.9 Å². The molecule has 2 heteroatoms. The van der Waals surface area contributed by atoms with E-state index in [1.54, 1.807) is 0 Å². The molecule has 1 aromatic carbocycles. The molecule has 0 radical (unpaired) electrons. The minimum atomic E-state index is 0.699. The van der Waals surface area contributed by atoms with Crippen molar-refractivity contribution in [3.05, 3.63) is 29.8 Å². The third-order valence-corrected chi connectivity index (χ3v) is 3.50. The first-order chi connectivity index (χ1) is 8.63. The lowest BCUT2D eigenvalue weighted by Crippen LogP contribution is -2.26. The number of ether oxygens (including phenoxy) is 1. The van der Waals surface area contributed by atoms with Crippen molar-refractivity contribution in [3.8, 4) is 5.75 Å². The molecule has 0 amide bonds. The Morgan fingerprint density at radius 2 is 2.00 bits per heavy atom. The van der Waals surface area contributed by atoms with Gasteiger partial charge in [0.15, 0.2) is 0 Å². The largest absolute Gasteiger partial charge is 0.493 e. The molecular formula is C16H25NO. The molecule has 1 atom stereocenters. The van der Waals surface area contributed by atoms with Gasteiger partial charge in [0.2, 0.25) is 0 Å². The molecule has 0 N–H and O–H groups in total. The number of likely N-dealkylation sites (tertiary alicyclic amines) is 1. The van der Waals surface area contributed by atoms with Gasteiger partial charge in [-0.15, -0.1) is 0 Å². The molecule has 0 saturated carbocycles. The zero-order valence-corrected chi connectivity index (χ0v) is 11.9. The standard InChI is InChI=1S/C16H25NO/c1-13(2)10-17-9-8-15(11-17)12-18-16-6-4-14(3)5-7-16/h4-7,13,15H,8-12H2,1-3H3. The van der Waals surface area contributed by atoms with Gasteiger partial charge in [0.05, 0.1) is 6.61 Å². The summed E-state index contributed by atoms with van der Waals surface area (Å²) < 4.78 is 5.87. The Hall–Kier alpha value is -1.02. The Bertz CT molecular complexity index is 358. The van der Waals surface area contributed by atoms with Gasteiger partial charge < -0.3 is 9.64 Å². The van der Waals surface area contributed by atoms with Gasteiger partial charge >= 0.3 is 0 Å². The van der Waals surface area contributed by atoms with E-state index in [1.807, 2.05) is 0 Å². The maximum atomic E-state index is 5.87. The molecule has 1 fully saturated rings. The van der Waals surface area contributed by atoms with Crippen LogP contribution in [-0.2, 0) is 0 Å². The van der Waals surface area contributed by atoms with Gasteiger partial charge in [-0.1, -0.05) is 31.5 Å². The van der Waals surface area contributed by atoms with E-state index in [-0.39, 0.29) is 0 Å². The van der Waals surface area contributed by atoms with Crippen molar-refractivity contribution >= 4 is 0 Å². The Balaban J connectivity index is 1.73. The summed E-state index contributed by atoms with van der Waals surface area (Å²) >= 11 is 0. The van der Waals surface area contributed by atoms with E-state index < -0.39 is 0 Å². The molecule has 1 saturated heterocycles. The second kappa shape index (κ2) is 6.24. The molecule has 2 nitrogen and oxygen atoms in total. The summed E-state index contributed by atoms with van der Waals surface area (Å²) in [6.07, 6.45) is 1.28. The SMILES string of the molecule is Cc1ccc(OCC2CCN(CC(C)C)C2)cc1. The number of hydrogen-bond acceptors (Lipinski definition) is 2. The smallest absolute Gasteiger partial charge is 0.119 e. The van der Waals surface area contributed by atoms with Crippen molar-refractivity contribution in [2.24, 2.45) is 11.8 Å². The van der Waals surface area contributed by atoms with Crippen LogP contribution in [0, 0.1) is 18.8 Å². The normalized spacial score (nSPS) is 20.6. The predicted octanol–water partition coefficient (Wildman–Crippen LogP) is 3.35. The van der Waals surface area contributed by atoms with Crippen molar-refractivity contribution in [3.63, 3.8) is 0 Å². The summed E-state index contributed by atoms with van der Waals surface area (Å²) in [5, 5.41) is 0. The van der Waals surface area contributed by atoms with E-state index in [1.165, 1.54) is 31.6 Å².